The standard InChI is InChI=1S/C19H22N2O4S/c1-3-25-19-11-10-16(13-17(19)20-14(2)22)26(23,24)21-12-6-8-15-7-4-5-9-18(15)21/h4-5,7,9-11,13H,3,6,8,12H2,1-2H3,(H,20,22). The minimum atomic E-state index is -3.74. The van der Waals surface area contributed by atoms with Crippen molar-refractivity contribution < 1.29 is 17.9 Å². The van der Waals surface area contributed by atoms with Crippen molar-refractivity contribution in [3.05, 3.63) is 48.0 Å². The SMILES string of the molecule is CCOc1ccc(S(=O)(=O)N2CCCc3ccccc32)cc1NC(C)=O. The fourth-order valence-electron chi connectivity index (χ4n) is 3.11. The minimum absolute atomic E-state index is 0.126. The molecular weight excluding hydrogens is 352 g/mol. The zero-order valence-corrected chi connectivity index (χ0v) is 15.7. The molecule has 7 heteroatoms. The maximum atomic E-state index is 13.2. The van der Waals surface area contributed by atoms with Gasteiger partial charge in [0.2, 0.25) is 5.91 Å². The molecule has 6 nitrogen and oxygen atoms in total. The van der Waals surface area contributed by atoms with Gasteiger partial charge in [-0.25, -0.2) is 8.42 Å². The number of hydrogen-bond acceptors (Lipinski definition) is 4. The van der Waals surface area contributed by atoms with Gasteiger partial charge in [-0.05, 0) is 49.6 Å². The molecule has 1 heterocycles. The Kier molecular flexibility index (Phi) is 5.18. The molecule has 0 saturated heterocycles. The average molecular weight is 374 g/mol. The summed E-state index contributed by atoms with van der Waals surface area (Å²) in [6.45, 7) is 4.05. The molecule has 0 aromatic heterocycles. The molecule has 0 saturated carbocycles. The Hall–Kier alpha value is -2.54. The van der Waals surface area contributed by atoms with Crippen molar-refractivity contribution in [1.29, 1.82) is 0 Å². The maximum absolute atomic E-state index is 13.2. The highest BCUT2D eigenvalue weighted by atomic mass is 32.2. The predicted molar refractivity (Wildman–Crippen MR) is 101 cm³/mol. The monoisotopic (exact) mass is 374 g/mol. The lowest BCUT2D eigenvalue weighted by Crippen LogP contribution is -2.35. The van der Waals surface area contributed by atoms with Gasteiger partial charge in [-0.1, -0.05) is 18.2 Å². The number of nitrogens with one attached hydrogen (secondary N) is 1. The first-order valence-corrected chi connectivity index (χ1v) is 10.0. The third-order valence-corrected chi connectivity index (χ3v) is 6.03. The first-order valence-electron chi connectivity index (χ1n) is 8.58. The molecule has 0 unspecified atom stereocenters. The Morgan fingerprint density at radius 2 is 2.00 bits per heavy atom. The van der Waals surface area contributed by atoms with Gasteiger partial charge in [0.15, 0.2) is 0 Å². The normalized spacial score (nSPS) is 13.8. The molecule has 0 radical (unpaired) electrons. The molecular formula is C19H22N2O4S. The van der Waals surface area contributed by atoms with Crippen molar-refractivity contribution in [1.82, 2.24) is 0 Å². The number of ether oxygens (including phenoxy) is 1. The molecule has 0 aliphatic carbocycles. The topological polar surface area (TPSA) is 75.7 Å². The largest absolute Gasteiger partial charge is 0.492 e. The Morgan fingerprint density at radius 3 is 2.73 bits per heavy atom. The van der Waals surface area contributed by atoms with Crippen LogP contribution in [0.5, 0.6) is 5.75 Å². The molecule has 26 heavy (non-hydrogen) atoms. The van der Waals surface area contributed by atoms with Gasteiger partial charge in [0.05, 0.1) is 22.9 Å². The molecule has 0 fully saturated rings. The number of benzene rings is 2. The van der Waals surface area contributed by atoms with Crippen LogP contribution in [0.2, 0.25) is 0 Å². The van der Waals surface area contributed by atoms with E-state index in [1.54, 1.807) is 6.07 Å². The van der Waals surface area contributed by atoms with Crippen molar-refractivity contribution in [3.8, 4) is 5.75 Å². The summed E-state index contributed by atoms with van der Waals surface area (Å²) >= 11 is 0. The molecule has 3 rings (SSSR count). The summed E-state index contributed by atoms with van der Waals surface area (Å²) in [6, 6.07) is 12.1. The highest BCUT2D eigenvalue weighted by Crippen LogP contribution is 2.34. The van der Waals surface area contributed by atoms with Gasteiger partial charge in [-0.2, -0.15) is 0 Å². The highest BCUT2D eigenvalue weighted by Gasteiger charge is 2.29. The first-order chi connectivity index (χ1) is 12.4. The second-order valence-electron chi connectivity index (χ2n) is 6.08. The smallest absolute Gasteiger partial charge is 0.264 e. The molecule has 1 N–H and O–H groups in total. The Labute approximate surface area is 153 Å². The van der Waals surface area contributed by atoms with Crippen molar-refractivity contribution in [2.45, 2.75) is 31.6 Å². The van der Waals surface area contributed by atoms with Crippen molar-refractivity contribution in [2.75, 3.05) is 22.8 Å². The van der Waals surface area contributed by atoms with E-state index in [2.05, 4.69) is 5.32 Å². The van der Waals surface area contributed by atoms with Crippen LogP contribution in [0.15, 0.2) is 47.4 Å². The lowest BCUT2D eigenvalue weighted by Gasteiger charge is -2.30. The van der Waals surface area contributed by atoms with Crippen LogP contribution >= 0.6 is 0 Å². The average Bonchev–Trinajstić information content (AvgIpc) is 2.62. The number of anilines is 2. The van der Waals surface area contributed by atoms with Crippen LogP contribution < -0.4 is 14.4 Å². The quantitative estimate of drug-likeness (QED) is 0.872. The van der Waals surface area contributed by atoms with E-state index in [1.165, 1.54) is 23.4 Å². The lowest BCUT2D eigenvalue weighted by molar-refractivity contribution is -0.114. The van der Waals surface area contributed by atoms with E-state index in [9.17, 15) is 13.2 Å². The number of sulfonamides is 1. The van der Waals surface area contributed by atoms with E-state index < -0.39 is 10.0 Å². The molecule has 1 aliphatic rings. The van der Waals surface area contributed by atoms with Crippen LogP contribution in [0.4, 0.5) is 11.4 Å². The van der Waals surface area contributed by atoms with Gasteiger partial charge >= 0.3 is 0 Å². The van der Waals surface area contributed by atoms with E-state index in [-0.39, 0.29) is 10.8 Å². The summed E-state index contributed by atoms with van der Waals surface area (Å²) < 4.78 is 33.4. The van der Waals surface area contributed by atoms with Gasteiger partial charge in [-0.3, -0.25) is 9.10 Å². The lowest BCUT2D eigenvalue weighted by atomic mass is 10.0. The third kappa shape index (κ3) is 3.53. The van der Waals surface area contributed by atoms with E-state index in [0.717, 1.165) is 18.4 Å². The van der Waals surface area contributed by atoms with E-state index in [1.807, 2.05) is 31.2 Å². The summed E-state index contributed by atoms with van der Waals surface area (Å²) in [6.07, 6.45) is 1.63. The van der Waals surface area contributed by atoms with Gasteiger partial charge < -0.3 is 10.1 Å². The summed E-state index contributed by atoms with van der Waals surface area (Å²) in [5.74, 6) is 0.157. The van der Waals surface area contributed by atoms with Crippen LogP contribution in [0, 0.1) is 0 Å². The second kappa shape index (κ2) is 7.37. The predicted octanol–water partition coefficient (Wildman–Crippen LogP) is 3.19. The van der Waals surface area contributed by atoms with E-state index >= 15 is 0 Å². The summed E-state index contributed by atoms with van der Waals surface area (Å²) in [7, 11) is -3.74. The molecule has 1 amide bonds. The second-order valence-corrected chi connectivity index (χ2v) is 7.94. The van der Waals surface area contributed by atoms with Crippen LogP contribution in [0.1, 0.15) is 25.8 Å². The Morgan fingerprint density at radius 1 is 1.23 bits per heavy atom. The summed E-state index contributed by atoms with van der Waals surface area (Å²) in [5, 5.41) is 2.65. The number of carbonyl (C=O) groups excluding carboxylic acids is 1. The Bertz CT molecular complexity index is 925. The Balaban J connectivity index is 2.04. The number of para-hydroxylation sites is 1. The first kappa shape index (κ1) is 18.3. The van der Waals surface area contributed by atoms with Crippen molar-refractivity contribution in [2.24, 2.45) is 0 Å². The fraction of sp³-hybridized carbons (Fsp3) is 0.316. The molecule has 0 spiro atoms. The van der Waals surface area contributed by atoms with Gasteiger partial charge in [0, 0.05) is 13.5 Å². The third-order valence-electron chi connectivity index (χ3n) is 4.22. The van der Waals surface area contributed by atoms with Crippen molar-refractivity contribution in [3.63, 3.8) is 0 Å². The molecule has 2 aromatic rings. The zero-order chi connectivity index (χ0) is 18.7. The van der Waals surface area contributed by atoms with Crippen LogP contribution in [-0.2, 0) is 21.2 Å². The molecule has 1 aliphatic heterocycles. The number of aryl methyl sites for hydroxylation is 1. The molecule has 138 valence electrons. The zero-order valence-electron chi connectivity index (χ0n) is 14.9. The number of hydrogen-bond donors (Lipinski definition) is 1. The summed E-state index contributed by atoms with van der Waals surface area (Å²) in [5.41, 5.74) is 2.09. The van der Waals surface area contributed by atoms with Gasteiger partial charge in [-0.15, -0.1) is 0 Å². The van der Waals surface area contributed by atoms with E-state index in [4.69, 9.17) is 4.74 Å². The summed E-state index contributed by atoms with van der Waals surface area (Å²) in [4.78, 5) is 11.6. The van der Waals surface area contributed by atoms with Crippen LogP contribution in [0.3, 0.4) is 0 Å². The van der Waals surface area contributed by atoms with Crippen LogP contribution in [0.25, 0.3) is 0 Å². The molecule has 0 atom stereocenters. The molecule has 2 aromatic carbocycles. The number of amides is 1. The van der Waals surface area contributed by atoms with E-state index in [0.29, 0.717) is 30.3 Å². The number of fused-ring (bicyclic) bond motifs is 1. The fourth-order valence-corrected chi connectivity index (χ4v) is 4.68. The number of carbonyl (C=O) groups is 1. The van der Waals surface area contributed by atoms with Crippen molar-refractivity contribution >= 4 is 27.3 Å². The van der Waals surface area contributed by atoms with Gasteiger partial charge in [0.1, 0.15) is 5.75 Å². The van der Waals surface area contributed by atoms with Crippen LogP contribution in [-0.4, -0.2) is 27.5 Å². The number of rotatable bonds is 5. The van der Waals surface area contributed by atoms with Gasteiger partial charge in [0.25, 0.3) is 10.0 Å². The number of nitrogens with zero attached hydrogens (tertiary/aromatic N) is 1. The highest BCUT2D eigenvalue weighted by molar-refractivity contribution is 7.92. The maximum Gasteiger partial charge on any atom is 0.264 e. The molecule has 0 bridgehead atoms. The minimum Gasteiger partial charge on any atom is -0.492 e.